The molecule has 20 heavy (non-hydrogen) atoms. The molecule has 0 aliphatic heterocycles. The van der Waals surface area contributed by atoms with Crippen LogP contribution in [0.1, 0.15) is 16.8 Å². The summed E-state index contributed by atoms with van der Waals surface area (Å²) in [5, 5.41) is 6.17. The number of rotatable bonds is 3. The molecule has 0 spiro atoms. The van der Waals surface area contributed by atoms with E-state index in [9.17, 15) is 0 Å². The van der Waals surface area contributed by atoms with Crippen molar-refractivity contribution in [1.29, 1.82) is 0 Å². The van der Waals surface area contributed by atoms with E-state index in [0.717, 1.165) is 28.7 Å². The maximum absolute atomic E-state index is 5.98. The van der Waals surface area contributed by atoms with Crippen LogP contribution in [0.25, 0.3) is 17.0 Å². The molecule has 2 aromatic heterocycles. The number of aryl methyl sites for hydroxylation is 1. The maximum atomic E-state index is 5.98. The van der Waals surface area contributed by atoms with Gasteiger partial charge in [0, 0.05) is 23.3 Å². The second-order valence-electron chi connectivity index (χ2n) is 4.75. The summed E-state index contributed by atoms with van der Waals surface area (Å²) in [5.41, 5.74) is 4.17. The minimum atomic E-state index is 0.651. The number of hydrogen-bond acceptors (Lipinski definition) is 2. The van der Waals surface area contributed by atoms with Gasteiger partial charge in [0.1, 0.15) is 0 Å². The zero-order valence-electron chi connectivity index (χ0n) is 11.2. The van der Waals surface area contributed by atoms with E-state index in [2.05, 4.69) is 28.8 Å². The summed E-state index contributed by atoms with van der Waals surface area (Å²) in [6, 6.07) is 8.09. The molecule has 0 radical (unpaired) electrons. The molecule has 0 N–H and O–H groups in total. The SMILES string of the molecule is C=Cc1cn(Cc2ccc3ncc(Cl)cc3c2)nc1C. The second kappa shape index (κ2) is 5.10. The summed E-state index contributed by atoms with van der Waals surface area (Å²) in [7, 11) is 0. The number of aromatic nitrogens is 3. The number of benzene rings is 1. The molecule has 0 aliphatic rings. The average molecular weight is 284 g/mol. The van der Waals surface area contributed by atoms with Crippen LogP contribution in [0, 0.1) is 6.92 Å². The van der Waals surface area contributed by atoms with E-state index in [1.165, 1.54) is 5.56 Å². The lowest BCUT2D eigenvalue weighted by molar-refractivity contribution is 0.680. The predicted molar refractivity (Wildman–Crippen MR) is 82.9 cm³/mol. The molecular formula is C16H14ClN3. The van der Waals surface area contributed by atoms with Gasteiger partial charge < -0.3 is 0 Å². The Hall–Kier alpha value is -2.13. The number of halogens is 1. The predicted octanol–water partition coefficient (Wildman–Crippen LogP) is 4.08. The van der Waals surface area contributed by atoms with Gasteiger partial charge in [-0.15, -0.1) is 0 Å². The molecule has 0 fully saturated rings. The average Bonchev–Trinajstić information content (AvgIpc) is 2.78. The van der Waals surface area contributed by atoms with Crippen molar-refractivity contribution < 1.29 is 0 Å². The lowest BCUT2D eigenvalue weighted by Crippen LogP contribution is -2.00. The van der Waals surface area contributed by atoms with E-state index in [0.29, 0.717) is 5.02 Å². The minimum absolute atomic E-state index is 0.651. The van der Waals surface area contributed by atoms with Crippen LogP contribution in [-0.2, 0) is 6.54 Å². The first-order chi connectivity index (χ1) is 9.65. The van der Waals surface area contributed by atoms with Gasteiger partial charge in [0.2, 0.25) is 0 Å². The molecule has 0 saturated carbocycles. The lowest BCUT2D eigenvalue weighted by Gasteiger charge is -2.04. The molecule has 0 unspecified atom stereocenters. The van der Waals surface area contributed by atoms with Crippen molar-refractivity contribution >= 4 is 28.6 Å². The van der Waals surface area contributed by atoms with Gasteiger partial charge in [-0.1, -0.05) is 30.3 Å². The van der Waals surface area contributed by atoms with Crippen molar-refractivity contribution in [1.82, 2.24) is 14.8 Å². The van der Waals surface area contributed by atoms with Gasteiger partial charge in [0.25, 0.3) is 0 Å². The number of hydrogen-bond donors (Lipinski definition) is 0. The molecule has 3 nitrogen and oxygen atoms in total. The Morgan fingerprint density at radius 3 is 2.95 bits per heavy atom. The summed E-state index contributed by atoms with van der Waals surface area (Å²) >= 11 is 5.98. The zero-order valence-corrected chi connectivity index (χ0v) is 11.9. The lowest BCUT2D eigenvalue weighted by atomic mass is 10.1. The highest BCUT2D eigenvalue weighted by atomic mass is 35.5. The van der Waals surface area contributed by atoms with Crippen molar-refractivity contribution in [2.24, 2.45) is 0 Å². The van der Waals surface area contributed by atoms with Crippen molar-refractivity contribution in [3.63, 3.8) is 0 Å². The van der Waals surface area contributed by atoms with Crippen molar-refractivity contribution in [2.75, 3.05) is 0 Å². The molecule has 2 heterocycles. The molecule has 0 atom stereocenters. The minimum Gasteiger partial charge on any atom is -0.267 e. The van der Waals surface area contributed by atoms with Crippen LogP contribution in [-0.4, -0.2) is 14.8 Å². The molecule has 0 aliphatic carbocycles. The summed E-state index contributed by atoms with van der Waals surface area (Å²) in [6.45, 7) is 6.49. The van der Waals surface area contributed by atoms with E-state index in [1.807, 2.05) is 36.0 Å². The van der Waals surface area contributed by atoms with E-state index in [1.54, 1.807) is 6.20 Å². The Bertz CT molecular complexity index is 790. The topological polar surface area (TPSA) is 30.7 Å². The van der Waals surface area contributed by atoms with Crippen molar-refractivity contribution in [3.8, 4) is 0 Å². The van der Waals surface area contributed by atoms with E-state index < -0.39 is 0 Å². The van der Waals surface area contributed by atoms with Gasteiger partial charge in [-0.05, 0) is 30.7 Å². The summed E-state index contributed by atoms with van der Waals surface area (Å²) in [5.74, 6) is 0. The van der Waals surface area contributed by atoms with Gasteiger partial charge in [-0.3, -0.25) is 9.67 Å². The van der Waals surface area contributed by atoms with Gasteiger partial charge >= 0.3 is 0 Å². The van der Waals surface area contributed by atoms with Crippen molar-refractivity contribution in [3.05, 3.63) is 65.1 Å². The highest BCUT2D eigenvalue weighted by molar-refractivity contribution is 6.31. The largest absolute Gasteiger partial charge is 0.267 e. The van der Waals surface area contributed by atoms with Gasteiger partial charge in [-0.25, -0.2) is 0 Å². The fraction of sp³-hybridized carbons (Fsp3) is 0.125. The Kier molecular flexibility index (Phi) is 3.28. The number of nitrogens with zero attached hydrogens (tertiary/aromatic N) is 3. The fourth-order valence-corrected chi connectivity index (χ4v) is 2.42. The molecule has 3 aromatic rings. The number of pyridine rings is 1. The van der Waals surface area contributed by atoms with Gasteiger partial charge in [0.05, 0.1) is 22.8 Å². The van der Waals surface area contributed by atoms with Crippen LogP contribution >= 0.6 is 11.6 Å². The van der Waals surface area contributed by atoms with Crippen molar-refractivity contribution in [2.45, 2.75) is 13.5 Å². The molecule has 4 heteroatoms. The standard InChI is InChI=1S/C16H14ClN3/c1-3-13-10-20(19-11(13)2)9-12-4-5-16-14(6-12)7-15(17)8-18-16/h3-8,10H,1,9H2,2H3. The van der Waals surface area contributed by atoms with Gasteiger partial charge in [-0.2, -0.15) is 5.10 Å². The van der Waals surface area contributed by atoms with Crippen LogP contribution in [0.15, 0.2) is 43.2 Å². The van der Waals surface area contributed by atoms with E-state index in [4.69, 9.17) is 11.6 Å². The smallest absolute Gasteiger partial charge is 0.0703 e. The van der Waals surface area contributed by atoms with E-state index in [-0.39, 0.29) is 0 Å². The molecule has 0 amide bonds. The first-order valence-electron chi connectivity index (χ1n) is 6.36. The third kappa shape index (κ3) is 2.45. The summed E-state index contributed by atoms with van der Waals surface area (Å²) in [4.78, 5) is 4.29. The number of fused-ring (bicyclic) bond motifs is 1. The Morgan fingerprint density at radius 1 is 1.35 bits per heavy atom. The highest BCUT2D eigenvalue weighted by Gasteiger charge is 2.04. The fourth-order valence-electron chi connectivity index (χ4n) is 2.25. The van der Waals surface area contributed by atoms with Crippen LogP contribution in [0.4, 0.5) is 0 Å². The molecule has 1 aromatic carbocycles. The molecule has 0 saturated heterocycles. The Balaban J connectivity index is 1.95. The third-order valence-corrected chi connectivity index (χ3v) is 3.47. The van der Waals surface area contributed by atoms with E-state index >= 15 is 0 Å². The first kappa shape index (κ1) is 12.9. The molecular weight excluding hydrogens is 270 g/mol. The first-order valence-corrected chi connectivity index (χ1v) is 6.74. The third-order valence-electron chi connectivity index (χ3n) is 3.26. The zero-order chi connectivity index (χ0) is 14.1. The summed E-state index contributed by atoms with van der Waals surface area (Å²) < 4.78 is 1.92. The quantitative estimate of drug-likeness (QED) is 0.725. The summed E-state index contributed by atoms with van der Waals surface area (Å²) in [6.07, 6.45) is 5.49. The molecule has 0 bridgehead atoms. The highest BCUT2D eigenvalue weighted by Crippen LogP contribution is 2.19. The Morgan fingerprint density at radius 2 is 2.20 bits per heavy atom. The Labute approximate surface area is 122 Å². The maximum Gasteiger partial charge on any atom is 0.0703 e. The van der Waals surface area contributed by atoms with Crippen LogP contribution in [0.2, 0.25) is 5.02 Å². The molecule has 3 rings (SSSR count). The van der Waals surface area contributed by atoms with Gasteiger partial charge in [0.15, 0.2) is 0 Å². The second-order valence-corrected chi connectivity index (χ2v) is 5.19. The monoisotopic (exact) mass is 283 g/mol. The normalized spacial score (nSPS) is 10.9. The van der Waals surface area contributed by atoms with Crippen LogP contribution in [0.5, 0.6) is 0 Å². The molecule has 100 valence electrons. The van der Waals surface area contributed by atoms with Crippen LogP contribution in [0.3, 0.4) is 0 Å². The van der Waals surface area contributed by atoms with Crippen LogP contribution < -0.4 is 0 Å².